The summed E-state index contributed by atoms with van der Waals surface area (Å²) in [5.41, 5.74) is 0.747. The van der Waals surface area contributed by atoms with Crippen LogP contribution in [0.3, 0.4) is 0 Å². The number of rotatable bonds is 5. The minimum absolute atomic E-state index is 0.0427. The number of thioether (sulfide) groups is 1. The zero-order valence-electron chi connectivity index (χ0n) is 18.3. The molecular weight excluding hydrogens is 398 g/mol. The molecule has 0 spiro atoms. The van der Waals surface area contributed by atoms with Gasteiger partial charge in [0.2, 0.25) is 11.8 Å². The third-order valence-corrected chi connectivity index (χ3v) is 6.52. The number of piperazine rings is 1. The lowest BCUT2D eigenvalue weighted by atomic mass is 9.91. The molecule has 6 nitrogen and oxygen atoms in total. The summed E-state index contributed by atoms with van der Waals surface area (Å²) in [6.07, 6.45) is 1.52. The number of ketones is 1. The Balaban J connectivity index is 1.61. The van der Waals surface area contributed by atoms with E-state index in [1.807, 2.05) is 43.9 Å². The summed E-state index contributed by atoms with van der Waals surface area (Å²) in [6.45, 7) is 11.1. The first kappa shape index (κ1) is 22.6. The van der Waals surface area contributed by atoms with Crippen molar-refractivity contribution in [2.75, 3.05) is 31.9 Å². The van der Waals surface area contributed by atoms with Crippen LogP contribution in [0.4, 0.5) is 0 Å². The number of nitrogens with zero attached hydrogens (tertiary/aromatic N) is 3. The molecule has 0 aromatic heterocycles. The molecule has 0 bridgehead atoms. The monoisotopic (exact) mass is 429 g/mol. The molecule has 2 fully saturated rings. The Morgan fingerprint density at radius 1 is 1.10 bits per heavy atom. The van der Waals surface area contributed by atoms with Gasteiger partial charge in [-0.1, -0.05) is 62.9 Å². The van der Waals surface area contributed by atoms with Gasteiger partial charge in [-0.05, 0) is 12.5 Å². The highest BCUT2D eigenvalue weighted by Crippen LogP contribution is 2.32. The van der Waals surface area contributed by atoms with Crippen LogP contribution in [-0.2, 0) is 20.9 Å². The van der Waals surface area contributed by atoms with Crippen molar-refractivity contribution >= 4 is 29.4 Å². The van der Waals surface area contributed by atoms with E-state index in [0.717, 1.165) is 19.6 Å². The molecule has 1 aromatic carbocycles. The molecule has 0 N–H and O–H groups in total. The van der Waals surface area contributed by atoms with Gasteiger partial charge in [-0.2, -0.15) is 0 Å². The van der Waals surface area contributed by atoms with Crippen LogP contribution in [0.15, 0.2) is 41.4 Å². The lowest BCUT2D eigenvalue weighted by Crippen LogP contribution is -2.54. The van der Waals surface area contributed by atoms with Crippen molar-refractivity contribution < 1.29 is 14.4 Å². The van der Waals surface area contributed by atoms with Crippen LogP contribution < -0.4 is 0 Å². The number of allylic oxidation sites excluding steroid dienone is 1. The Kier molecular flexibility index (Phi) is 7.03. The SMILES string of the molecule is C[C@@H](C(=O)N1CCN(Cc2ccccc2)CC1)N1C(=O)CS/C1=C\C(=O)C(C)(C)C. The van der Waals surface area contributed by atoms with Crippen molar-refractivity contribution in [2.24, 2.45) is 5.41 Å². The Bertz CT molecular complexity index is 824. The molecule has 2 aliphatic rings. The lowest BCUT2D eigenvalue weighted by Gasteiger charge is -2.37. The first-order valence-electron chi connectivity index (χ1n) is 10.4. The third-order valence-electron chi connectivity index (χ3n) is 5.52. The molecule has 0 unspecified atom stereocenters. The summed E-state index contributed by atoms with van der Waals surface area (Å²) >= 11 is 1.33. The number of carbonyl (C=O) groups excluding carboxylic acids is 3. The maximum absolute atomic E-state index is 13.1. The molecule has 30 heavy (non-hydrogen) atoms. The van der Waals surface area contributed by atoms with Gasteiger partial charge in [0.15, 0.2) is 5.78 Å². The van der Waals surface area contributed by atoms with Gasteiger partial charge in [-0.3, -0.25) is 24.2 Å². The molecule has 7 heteroatoms. The average molecular weight is 430 g/mol. The van der Waals surface area contributed by atoms with E-state index in [4.69, 9.17) is 0 Å². The zero-order chi connectivity index (χ0) is 21.9. The lowest BCUT2D eigenvalue weighted by molar-refractivity contribution is -0.142. The van der Waals surface area contributed by atoms with E-state index >= 15 is 0 Å². The molecule has 3 rings (SSSR count). The van der Waals surface area contributed by atoms with E-state index in [9.17, 15) is 14.4 Å². The minimum Gasteiger partial charge on any atom is -0.338 e. The Labute approximate surface area is 183 Å². The summed E-state index contributed by atoms with van der Waals surface area (Å²) in [6, 6.07) is 9.71. The molecular formula is C23H31N3O3S. The fourth-order valence-corrected chi connectivity index (χ4v) is 4.59. The van der Waals surface area contributed by atoms with Crippen molar-refractivity contribution in [3.8, 4) is 0 Å². The topological polar surface area (TPSA) is 60.9 Å². The summed E-state index contributed by atoms with van der Waals surface area (Å²) in [5.74, 6) is 0.0563. The minimum atomic E-state index is -0.604. The zero-order valence-corrected chi connectivity index (χ0v) is 19.1. The van der Waals surface area contributed by atoms with Crippen LogP contribution in [-0.4, -0.2) is 70.3 Å². The molecule has 1 atom stereocenters. The van der Waals surface area contributed by atoms with Crippen molar-refractivity contribution in [3.63, 3.8) is 0 Å². The molecule has 0 saturated carbocycles. The molecule has 1 aromatic rings. The molecule has 2 heterocycles. The van der Waals surface area contributed by atoms with E-state index in [0.29, 0.717) is 18.1 Å². The largest absolute Gasteiger partial charge is 0.338 e. The van der Waals surface area contributed by atoms with Crippen LogP contribution in [0.1, 0.15) is 33.3 Å². The van der Waals surface area contributed by atoms with Crippen LogP contribution in [0, 0.1) is 5.41 Å². The number of hydrogen-bond acceptors (Lipinski definition) is 5. The van der Waals surface area contributed by atoms with E-state index in [1.165, 1.54) is 28.3 Å². The summed E-state index contributed by atoms with van der Waals surface area (Å²) in [4.78, 5) is 43.7. The van der Waals surface area contributed by atoms with Crippen LogP contribution in [0.2, 0.25) is 0 Å². The first-order chi connectivity index (χ1) is 14.2. The Morgan fingerprint density at radius 2 is 1.73 bits per heavy atom. The highest BCUT2D eigenvalue weighted by atomic mass is 32.2. The van der Waals surface area contributed by atoms with Crippen molar-refractivity contribution in [3.05, 3.63) is 47.0 Å². The van der Waals surface area contributed by atoms with Gasteiger partial charge in [-0.15, -0.1) is 0 Å². The average Bonchev–Trinajstić information content (AvgIpc) is 3.07. The quantitative estimate of drug-likeness (QED) is 0.674. The first-order valence-corrected chi connectivity index (χ1v) is 11.4. The van der Waals surface area contributed by atoms with Gasteiger partial charge in [0, 0.05) is 44.2 Å². The van der Waals surface area contributed by atoms with E-state index in [1.54, 1.807) is 6.92 Å². The second-order valence-electron chi connectivity index (χ2n) is 8.91. The fourth-order valence-electron chi connectivity index (χ4n) is 3.59. The van der Waals surface area contributed by atoms with Crippen molar-refractivity contribution in [1.29, 1.82) is 0 Å². The van der Waals surface area contributed by atoms with Crippen LogP contribution in [0.5, 0.6) is 0 Å². The summed E-state index contributed by atoms with van der Waals surface area (Å²) in [7, 11) is 0. The normalized spacial score (nSPS) is 20.7. The number of amides is 2. The fraction of sp³-hybridized carbons (Fsp3) is 0.522. The standard InChI is InChI=1S/C23H31N3O3S/c1-17(26-20(28)16-30-21(26)14-19(27)23(2,3)4)22(29)25-12-10-24(11-13-25)15-18-8-6-5-7-9-18/h5-9,14,17H,10-13,15-16H2,1-4H3/b21-14-/t17-/m0/s1. The summed E-state index contributed by atoms with van der Waals surface area (Å²) < 4.78 is 0. The van der Waals surface area contributed by atoms with E-state index < -0.39 is 11.5 Å². The van der Waals surface area contributed by atoms with Gasteiger partial charge < -0.3 is 4.90 Å². The Hall–Kier alpha value is -2.12. The van der Waals surface area contributed by atoms with E-state index in [2.05, 4.69) is 17.0 Å². The Morgan fingerprint density at radius 3 is 2.33 bits per heavy atom. The van der Waals surface area contributed by atoms with Crippen LogP contribution in [0.25, 0.3) is 0 Å². The highest BCUT2D eigenvalue weighted by Gasteiger charge is 2.37. The second kappa shape index (κ2) is 9.35. The van der Waals surface area contributed by atoms with Gasteiger partial charge >= 0.3 is 0 Å². The third kappa shape index (κ3) is 5.32. The number of benzene rings is 1. The highest BCUT2D eigenvalue weighted by molar-refractivity contribution is 8.04. The molecule has 2 aliphatic heterocycles. The molecule has 162 valence electrons. The molecule has 2 saturated heterocycles. The van der Waals surface area contributed by atoms with Gasteiger partial charge in [0.05, 0.1) is 10.8 Å². The van der Waals surface area contributed by atoms with E-state index in [-0.39, 0.29) is 23.4 Å². The van der Waals surface area contributed by atoms with Crippen molar-refractivity contribution in [2.45, 2.75) is 40.3 Å². The molecule has 0 radical (unpaired) electrons. The maximum Gasteiger partial charge on any atom is 0.245 e. The van der Waals surface area contributed by atoms with Gasteiger partial charge in [0.25, 0.3) is 0 Å². The second-order valence-corrected chi connectivity index (χ2v) is 9.91. The van der Waals surface area contributed by atoms with Crippen molar-refractivity contribution in [1.82, 2.24) is 14.7 Å². The number of hydrogen-bond donors (Lipinski definition) is 0. The van der Waals surface area contributed by atoms with Gasteiger partial charge in [0.1, 0.15) is 6.04 Å². The predicted molar refractivity (Wildman–Crippen MR) is 120 cm³/mol. The molecule has 0 aliphatic carbocycles. The van der Waals surface area contributed by atoms with Gasteiger partial charge in [-0.25, -0.2) is 0 Å². The van der Waals surface area contributed by atoms with Crippen LogP contribution >= 0.6 is 11.8 Å². The summed E-state index contributed by atoms with van der Waals surface area (Å²) in [5, 5.41) is 0.587. The maximum atomic E-state index is 13.1. The number of carbonyl (C=O) groups is 3. The predicted octanol–water partition coefficient (Wildman–Crippen LogP) is 2.75. The molecule has 2 amide bonds. The smallest absolute Gasteiger partial charge is 0.245 e.